The van der Waals surface area contributed by atoms with Crippen LogP contribution in [-0.2, 0) is 4.79 Å². The molecular weight excluding hydrogens is 300 g/mol. The Morgan fingerprint density at radius 1 is 1.21 bits per heavy atom. The van der Waals surface area contributed by atoms with E-state index in [2.05, 4.69) is 28.9 Å². The van der Waals surface area contributed by atoms with Gasteiger partial charge in [0.05, 0.1) is 5.92 Å². The molecule has 2 fully saturated rings. The Hall–Kier alpha value is -1.39. The van der Waals surface area contributed by atoms with Gasteiger partial charge in [-0.05, 0) is 56.7 Å². The van der Waals surface area contributed by atoms with Crippen molar-refractivity contribution in [3.63, 3.8) is 0 Å². The van der Waals surface area contributed by atoms with Crippen molar-refractivity contribution in [2.45, 2.75) is 38.5 Å². The molecular formula is C20H30N2O2. The van der Waals surface area contributed by atoms with E-state index < -0.39 is 0 Å². The summed E-state index contributed by atoms with van der Waals surface area (Å²) >= 11 is 0. The highest BCUT2D eigenvalue weighted by Gasteiger charge is 2.45. The van der Waals surface area contributed by atoms with Crippen LogP contribution in [0.3, 0.4) is 0 Å². The minimum atomic E-state index is 0.0175. The van der Waals surface area contributed by atoms with Crippen LogP contribution in [0, 0.1) is 5.41 Å². The number of aliphatic hydroxyl groups excluding tert-OH is 1. The van der Waals surface area contributed by atoms with Crippen molar-refractivity contribution in [3.05, 3.63) is 35.9 Å². The number of hydrogen-bond donors (Lipinski definition) is 1. The quantitative estimate of drug-likeness (QED) is 0.902. The molecule has 4 nitrogen and oxygen atoms in total. The van der Waals surface area contributed by atoms with Gasteiger partial charge in [0.15, 0.2) is 0 Å². The van der Waals surface area contributed by atoms with Gasteiger partial charge in [0.2, 0.25) is 5.91 Å². The number of hydrogen-bond acceptors (Lipinski definition) is 3. The Morgan fingerprint density at radius 3 is 2.54 bits per heavy atom. The smallest absolute Gasteiger partial charge is 0.230 e. The van der Waals surface area contributed by atoms with E-state index in [0.29, 0.717) is 5.91 Å². The maximum absolute atomic E-state index is 12.9. The third kappa shape index (κ3) is 3.65. The van der Waals surface area contributed by atoms with Gasteiger partial charge in [0.25, 0.3) is 0 Å². The number of carbonyl (C=O) groups excluding carboxylic acids is 1. The number of benzene rings is 1. The van der Waals surface area contributed by atoms with Crippen LogP contribution in [0.25, 0.3) is 0 Å². The molecule has 1 aromatic rings. The number of rotatable bonds is 5. The van der Waals surface area contributed by atoms with Crippen molar-refractivity contribution in [1.29, 1.82) is 0 Å². The molecule has 0 aliphatic carbocycles. The summed E-state index contributed by atoms with van der Waals surface area (Å²) in [5.74, 6) is 0.320. The molecule has 2 saturated heterocycles. The summed E-state index contributed by atoms with van der Waals surface area (Å²) in [7, 11) is 0. The first kappa shape index (κ1) is 17.4. The van der Waals surface area contributed by atoms with E-state index in [1.165, 1.54) is 5.56 Å². The summed E-state index contributed by atoms with van der Waals surface area (Å²) in [6, 6.07) is 10.3. The molecule has 3 rings (SSSR count). The lowest BCUT2D eigenvalue weighted by atomic mass is 9.67. The lowest BCUT2D eigenvalue weighted by Crippen LogP contribution is -2.54. The fraction of sp³-hybridized carbons (Fsp3) is 0.650. The summed E-state index contributed by atoms with van der Waals surface area (Å²) in [6.45, 7) is 7.26. The monoisotopic (exact) mass is 330 g/mol. The van der Waals surface area contributed by atoms with Crippen molar-refractivity contribution < 1.29 is 9.90 Å². The summed E-state index contributed by atoms with van der Waals surface area (Å²) < 4.78 is 0. The van der Waals surface area contributed by atoms with E-state index in [-0.39, 0.29) is 17.9 Å². The Kier molecular flexibility index (Phi) is 5.57. The van der Waals surface area contributed by atoms with Gasteiger partial charge in [-0.2, -0.15) is 0 Å². The van der Waals surface area contributed by atoms with Gasteiger partial charge in [0.1, 0.15) is 0 Å². The van der Waals surface area contributed by atoms with E-state index in [0.717, 1.165) is 58.4 Å². The molecule has 4 heteroatoms. The standard InChI is InChI=1S/C20H30N2O2/c1-2-22-16-20(9-12-21(13-10-20)11-6-14-23)15-18(19(22)24)17-7-4-3-5-8-17/h3-5,7-8,18,23H,2,6,9-16H2,1H3/t18-/m0/s1. The Bertz CT molecular complexity index is 538. The highest BCUT2D eigenvalue weighted by Crippen LogP contribution is 2.45. The Morgan fingerprint density at radius 2 is 1.92 bits per heavy atom. The number of aliphatic hydroxyl groups is 1. The molecule has 0 aromatic heterocycles. The summed E-state index contributed by atoms with van der Waals surface area (Å²) in [5, 5.41) is 9.02. The molecule has 2 heterocycles. The van der Waals surface area contributed by atoms with E-state index in [1.54, 1.807) is 0 Å². The zero-order valence-corrected chi connectivity index (χ0v) is 14.8. The van der Waals surface area contributed by atoms with Crippen molar-refractivity contribution in [2.24, 2.45) is 5.41 Å². The molecule has 1 spiro atoms. The third-order valence-corrected chi connectivity index (χ3v) is 5.91. The highest BCUT2D eigenvalue weighted by molar-refractivity contribution is 5.84. The number of nitrogens with zero attached hydrogens (tertiary/aromatic N) is 2. The number of likely N-dealkylation sites (N-methyl/N-ethyl adjacent to an activating group) is 1. The molecule has 1 amide bonds. The normalized spacial score (nSPS) is 24.5. The molecule has 24 heavy (non-hydrogen) atoms. The van der Waals surface area contributed by atoms with Gasteiger partial charge in [-0.15, -0.1) is 0 Å². The number of piperidine rings is 2. The number of likely N-dealkylation sites (tertiary alicyclic amines) is 2. The van der Waals surface area contributed by atoms with Gasteiger partial charge in [-0.3, -0.25) is 4.79 Å². The van der Waals surface area contributed by atoms with Gasteiger partial charge < -0.3 is 14.9 Å². The van der Waals surface area contributed by atoms with Crippen molar-refractivity contribution in [1.82, 2.24) is 9.80 Å². The molecule has 132 valence electrons. The zero-order valence-electron chi connectivity index (χ0n) is 14.8. The lowest BCUT2D eigenvalue weighted by Gasteiger charge is -2.50. The van der Waals surface area contributed by atoms with E-state index >= 15 is 0 Å². The van der Waals surface area contributed by atoms with Crippen LogP contribution in [0.15, 0.2) is 30.3 Å². The van der Waals surface area contributed by atoms with Crippen LogP contribution in [0.4, 0.5) is 0 Å². The Balaban J connectivity index is 1.74. The topological polar surface area (TPSA) is 43.8 Å². The minimum Gasteiger partial charge on any atom is -0.396 e. The predicted octanol–water partition coefficient (Wildman–Crippen LogP) is 2.49. The van der Waals surface area contributed by atoms with Crippen LogP contribution in [0.5, 0.6) is 0 Å². The minimum absolute atomic E-state index is 0.0175. The molecule has 1 aromatic carbocycles. The summed E-state index contributed by atoms with van der Waals surface area (Å²) in [5.41, 5.74) is 1.43. The second-order valence-electron chi connectivity index (χ2n) is 7.44. The second-order valence-corrected chi connectivity index (χ2v) is 7.44. The average molecular weight is 330 g/mol. The fourth-order valence-corrected chi connectivity index (χ4v) is 4.41. The van der Waals surface area contributed by atoms with Crippen LogP contribution < -0.4 is 0 Å². The first-order valence-corrected chi connectivity index (χ1v) is 9.34. The first-order chi connectivity index (χ1) is 11.7. The number of carbonyl (C=O) groups is 1. The molecule has 0 radical (unpaired) electrons. The maximum atomic E-state index is 12.9. The maximum Gasteiger partial charge on any atom is 0.230 e. The SMILES string of the molecule is CCN1CC2(CCN(CCCO)CC2)C[C@@H](c2ccccc2)C1=O. The van der Waals surface area contributed by atoms with Gasteiger partial charge in [0, 0.05) is 26.2 Å². The molecule has 0 saturated carbocycles. The van der Waals surface area contributed by atoms with Gasteiger partial charge >= 0.3 is 0 Å². The average Bonchev–Trinajstić information content (AvgIpc) is 2.64. The number of amides is 1. The lowest BCUT2D eigenvalue weighted by molar-refractivity contribution is -0.141. The molecule has 2 aliphatic rings. The van der Waals surface area contributed by atoms with Crippen molar-refractivity contribution in [2.75, 3.05) is 39.3 Å². The second kappa shape index (κ2) is 7.66. The molecule has 1 N–H and O–H groups in total. The molecule has 0 bridgehead atoms. The van der Waals surface area contributed by atoms with Crippen LogP contribution in [-0.4, -0.2) is 60.1 Å². The largest absolute Gasteiger partial charge is 0.396 e. The highest BCUT2D eigenvalue weighted by atomic mass is 16.3. The first-order valence-electron chi connectivity index (χ1n) is 9.34. The summed E-state index contributed by atoms with van der Waals surface area (Å²) in [4.78, 5) is 17.4. The van der Waals surface area contributed by atoms with Crippen LogP contribution in [0.2, 0.25) is 0 Å². The molecule has 2 aliphatic heterocycles. The van der Waals surface area contributed by atoms with E-state index in [1.807, 2.05) is 18.2 Å². The van der Waals surface area contributed by atoms with Crippen molar-refractivity contribution in [3.8, 4) is 0 Å². The zero-order chi connectivity index (χ0) is 17.0. The Labute approximate surface area is 145 Å². The molecule has 1 atom stereocenters. The van der Waals surface area contributed by atoms with Gasteiger partial charge in [-0.25, -0.2) is 0 Å². The van der Waals surface area contributed by atoms with Gasteiger partial charge in [-0.1, -0.05) is 30.3 Å². The third-order valence-electron chi connectivity index (χ3n) is 5.91. The predicted molar refractivity (Wildman–Crippen MR) is 95.9 cm³/mol. The molecule has 0 unspecified atom stereocenters. The van der Waals surface area contributed by atoms with Crippen LogP contribution in [0.1, 0.15) is 44.1 Å². The van der Waals surface area contributed by atoms with Crippen LogP contribution >= 0.6 is 0 Å². The van der Waals surface area contributed by atoms with E-state index in [4.69, 9.17) is 5.11 Å². The fourth-order valence-electron chi connectivity index (χ4n) is 4.41. The summed E-state index contributed by atoms with van der Waals surface area (Å²) in [6.07, 6.45) is 4.16. The van der Waals surface area contributed by atoms with Crippen molar-refractivity contribution >= 4 is 5.91 Å². The van der Waals surface area contributed by atoms with E-state index in [9.17, 15) is 4.79 Å².